The zero-order valence-corrected chi connectivity index (χ0v) is 19.9. The van der Waals surface area contributed by atoms with E-state index in [1.54, 1.807) is 19.5 Å². The Labute approximate surface area is 206 Å². The van der Waals surface area contributed by atoms with Gasteiger partial charge in [-0.25, -0.2) is 9.97 Å². The highest BCUT2D eigenvalue weighted by molar-refractivity contribution is 7.80. The van der Waals surface area contributed by atoms with Gasteiger partial charge in [0.25, 0.3) is 0 Å². The Bertz CT molecular complexity index is 1750. The molecule has 3 heterocycles. The lowest BCUT2D eigenvalue weighted by molar-refractivity contribution is 0.415. The van der Waals surface area contributed by atoms with E-state index in [9.17, 15) is 0 Å². The van der Waals surface area contributed by atoms with E-state index in [1.165, 1.54) is 0 Å². The third-order valence-corrected chi connectivity index (χ3v) is 6.41. The first-order chi connectivity index (χ1) is 17.1. The van der Waals surface area contributed by atoms with E-state index in [-0.39, 0.29) is 0 Å². The smallest absolute Gasteiger partial charge is 0.177 e. The van der Waals surface area contributed by atoms with Gasteiger partial charge in [0.15, 0.2) is 5.11 Å². The van der Waals surface area contributed by atoms with E-state index in [0.29, 0.717) is 5.11 Å². The van der Waals surface area contributed by atoms with Crippen LogP contribution in [-0.2, 0) is 0 Å². The molecule has 6 rings (SSSR count). The van der Waals surface area contributed by atoms with E-state index in [1.807, 2.05) is 78.7 Å². The number of benzene rings is 3. The second-order valence-corrected chi connectivity index (χ2v) is 8.50. The number of ether oxygens (including phenoxy) is 1. The highest BCUT2D eigenvalue weighted by Gasteiger charge is 2.14. The van der Waals surface area contributed by atoms with Crippen molar-refractivity contribution in [3.8, 4) is 5.75 Å². The van der Waals surface area contributed by atoms with Crippen LogP contribution >= 0.6 is 12.2 Å². The number of anilines is 2. The van der Waals surface area contributed by atoms with Gasteiger partial charge in [-0.05, 0) is 78.9 Å². The first kappa shape index (κ1) is 21.1. The summed E-state index contributed by atoms with van der Waals surface area (Å²) in [6.45, 7) is 0. The van der Waals surface area contributed by atoms with Gasteiger partial charge in [0.1, 0.15) is 5.75 Å². The minimum absolute atomic E-state index is 0.565. The number of aromatic nitrogens is 4. The lowest BCUT2D eigenvalue weighted by Crippen LogP contribution is -2.30. The molecule has 3 aromatic carbocycles. The van der Waals surface area contributed by atoms with Crippen LogP contribution < -0.4 is 15.0 Å². The van der Waals surface area contributed by atoms with Crippen LogP contribution in [0.3, 0.4) is 0 Å². The minimum Gasteiger partial charge on any atom is -0.497 e. The molecule has 6 aromatic rings. The molecule has 35 heavy (non-hydrogen) atoms. The SMILES string of the molecule is COc1ccc(N(C)C(=S)Nc2ccc3nc4c5cccnc5c5ncccc5c4nc3c2)cc1. The predicted molar refractivity (Wildman–Crippen MR) is 145 cm³/mol. The number of nitrogens with one attached hydrogen (secondary N) is 1. The Morgan fingerprint density at radius 3 is 2.06 bits per heavy atom. The number of thiocarbonyl (C=S) groups is 1. The first-order valence-corrected chi connectivity index (χ1v) is 11.4. The third-order valence-electron chi connectivity index (χ3n) is 6.03. The Hall–Kier alpha value is -4.43. The molecule has 0 unspecified atom stereocenters. The molecule has 0 spiro atoms. The molecule has 170 valence electrons. The predicted octanol–water partition coefficient (Wildman–Crippen LogP) is 5.72. The molecule has 0 aliphatic carbocycles. The molecule has 0 amide bonds. The number of rotatable bonds is 3. The maximum absolute atomic E-state index is 5.65. The van der Waals surface area contributed by atoms with Crippen LogP contribution in [0.25, 0.3) is 43.9 Å². The number of nitrogens with zero attached hydrogens (tertiary/aromatic N) is 5. The van der Waals surface area contributed by atoms with E-state index in [2.05, 4.69) is 15.3 Å². The number of hydrogen-bond donors (Lipinski definition) is 1. The van der Waals surface area contributed by atoms with E-state index in [0.717, 1.165) is 61.0 Å². The summed E-state index contributed by atoms with van der Waals surface area (Å²) in [5, 5.41) is 5.74. The molecule has 0 saturated carbocycles. The quantitative estimate of drug-likeness (QED) is 0.197. The van der Waals surface area contributed by atoms with Gasteiger partial charge in [-0.15, -0.1) is 0 Å². The fourth-order valence-electron chi connectivity index (χ4n) is 4.21. The van der Waals surface area contributed by atoms with Crippen LogP contribution in [0, 0.1) is 0 Å². The van der Waals surface area contributed by atoms with Crippen molar-refractivity contribution < 1.29 is 4.74 Å². The third kappa shape index (κ3) is 3.64. The van der Waals surface area contributed by atoms with E-state index in [4.69, 9.17) is 26.9 Å². The van der Waals surface area contributed by atoms with Gasteiger partial charge in [0.2, 0.25) is 0 Å². The van der Waals surface area contributed by atoms with Gasteiger partial charge in [0.05, 0.1) is 40.2 Å². The number of pyridine rings is 2. The largest absolute Gasteiger partial charge is 0.497 e. The molecule has 0 saturated heterocycles. The zero-order valence-electron chi connectivity index (χ0n) is 19.1. The van der Waals surface area contributed by atoms with Gasteiger partial charge < -0.3 is 15.0 Å². The number of methoxy groups -OCH3 is 1. The average Bonchev–Trinajstić information content (AvgIpc) is 2.92. The van der Waals surface area contributed by atoms with Crippen molar-refractivity contribution in [2.24, 2.45) is 0 Å². The molecule has 7 nitrogen and oxygen atoms in total. The van der Waals surface area contributed by atoms with Crippen LogP contribution in [-0.4, -0.2) is 39.2 Å². The summed E-state index contributed by atoms with van der Waals surface area (Å²) in [7, 11) is 3.57. The first-order valence-electron chi connectivity index (χ1n) is 11.0. The molecule has 0 aliphatic heterocycles. The van der Waals surface area contributed by atoms with Gasteiger partial charge in [0, 0.05) is 41.6 Å². The fraction of sp³-hybridized carbons (Fsp3) is 0.0741. The molecule has 0 atom stereocenters. The van der Waals surface area contributed by atoms with Gasteiger partial charge in [-0.2, -0.15) is 0 Å². The van der Waals surface area contributed by atoms with E-state index >= 15 is 0 Å². The molecule has 0 aliphatic rings. The second kappa shape index (κ2) is 8.41. The summed E-state index contributed by atoms with van der Waals surface area (Å²) in [6, 6.07) is 21.5. The van der Waals surface area contributed by atoms with Crippen molar-refractivity contribution in [3.05, 3.63) is 79.1 Å². The Morgan fingerprint density at radius 2 is 1.43 bits per heavy atom. The van der Waals surface area contributed by atoms with E-state index < -0.39 is 0 Å². The molecule has 3 aromatic heterocycles. The Morgan fingerprint density at radius 1 is 0.800 bits per heavy atom. The molecular formula is C27H20N6OS. The summed E-state index contributed by atoms with van der Waals surface area (Å²) >= 11 is 5.65. The minimum atomic E-state index is 0.565. The topological polar surface area (TPSA) is 76.1 Å². The monoisotopic (exact) mass is 476 g/mol. The lowest BCUT2D eigenvalue weighted by atomic mass is 10.1. The average molecular weight is 477 g/mol. The van der Waals surface area contributed by atoms with Crippen LogP contribution in [0.1, 0.15) is 0 Å². The molecule has 0 fully saturated rings. The maximum Gasteiger partial charge on any atom is 0.177 e. The van der Waals surface area contributed by atoms with Gasteiger partial charge in [-0.1, -0.05) is 0 Å². The molecule has 8 heteroatoms. The molecule has 1 N–H and O–H groups in total. The molecule has 0 bridgehead atoms. The normalized spacial score (nSPS) is 11.3. The summed E-state index contributed by atoms with van der Waals surface area (Å²) < 4.78 is 5.24. The highest BCUT2D eigenvalue weighted by atomic mass is 32.1. The molecular weight excluding hydrogens is 456 g/mol. The highest BCUT2D eigenvalue weighted by Crippen LogP contribution is 2.32. The number of hydrogen-bond acceptors (Lipinski definition) is 6. The number of fused-ring (bicyclic) bond motifs is 7. The van der Waals surface area contributed by atoms with Crippen molar-refractivity contribution >= 4 is 72.6 Å². The van der Waals surface area contributed by atoms with Gasteiger partial charge >= 0.3 is 0 Å². The second-order valence-electron chi connectivity index (χ2n) is 8.11. The van der Waals surface area contributed by atoms with Crippen LogP contribution in [0.2, 0.25) is 0 Å². The Kier molecular flexibility index (Phi) is 5.08. The van der Waals surface area contributed by atoms with Crippen LogP contribution in [0.5, 0.6) is 5.75 Å². The van der Waals surface area contributed by atoms with Crippen LogP contribution in [0.4, 0.5) is 11.4 Å². The lowest BCUT2D eigenvalue weighted by Gasteiger charge is -2.21. The summed E-state index contributed by atoms with van der Waals surface area (Å²) in [4.78, 5) is 21.0. The van der Waals surface area contributed by atoms with Gasteiger partial charge in [-0.3, -0.25) is 9.97 Å². The fourth-order valence-corrected chi connectivity index (χ4v) is 4.43. The zero-order chi connectivity index (χ0) is 23.9. The maximum atomic E-state index is 5.65. The van der Waals surface area contributed by atoms with Crippen molar-refractivity contribution in [2.75, 3.05) is 24.4 Å². The summed E-state index contributed by atoms with van der Waals surface area (Å²) in [5.74, 6) is 0.799. The van der Waals surface area contributed by atoms with Crippen molar-refractivity contribution in [2.45, 2.75) is 0 Å². The molecule has 0 radical (unpaired) electrons. The Balaban J connectivity index is 1.41. The van der Waals surface area contributed by atoms with Crippen molar-refractivity contribution in [1.82, 2.24) is 19.9 Å². The van der Waals surface area contributed by atoms with Crippen molar-refractivity contribution in [1.29, 1.82) is 0 Å². The standard InChI is InChI=1S/C27H20N6OS/c1-33(17-8-10-18(34-2)11-9-17)27(35)30-16-7-12-21-22(15-16)32-26-20-6-4-14-29-24(20)23-19(25(26)31-21)5-3-13-28-23/h3-15H,1-2H3,(H,30,35). The summed E-state index contributed by atoms with van der Waals surface area (Å²) in [5.41, 5.74) is 6.62. The van der Waals surface area contributed by atoms with Crippen LogP contribution in [0.15, 0.2) is 79.1 Å². The van der Waals surface area contributed by atoms with Crippen molar-refractivity contribution in [3.63, 3.8) is 0 Å². The summed E-state index contributed by atoms with van der Waals surface area (Å²) in [6.07, 6.45) is 3.56.